The summed E-state index contributed by atoms with van der Waals surface area (Å²) in [5.74, 6) is 0.475. The van der Waals surface area contributed by atoms with Gasteiger partial charge in [-0.15, -0.1) is 6.58 Å². The zero-order chi connectivity index (χ0) is 27.3. The molecule has 206 valence electrons. The van der Waals surface area contributed by atoms with Crippen LogP contribution in [0.1, 0.15) is 18.4 Å². The predicted octanol–water partition coefficient (Wildman–Crippen LogP) is 2.07. The van der Waals surface area contributed by atoms with Crippen LogP contribution >= 0.6 is 0 Å². The molecule has 14 heteroatoms. The Hall–Kier alpha value is -3.81. The molecule has 0 bridgehead atoms. The molecule has 0 unspecified atom stereocenters. The van der Waals surface area contributed by atoms with Gasteiger partial charge in [-0.05, 0) is 6.07 Å². The minimum atomic E-state index is -4.50. The van der Waals surface area contributed by atoms with Gasteiger partial charge in [-0.3, -0.25) is 9.59 Å². The highest BCUT2D eigenvalue weighted by Crippen LogP contribution is 2.38. The van der Waals surface area contributed by atoms with Crippen LogP contribution in [-0.2, 0) is 15.7 Å². The topological polar surface area (TPSA) is 122 Å². The average molecular weight is 539 g/mol. The first-order valence-corrected chi connectivity index (χ1v) is 12.0. The minimum absolute atomic E-state index is 0.0843. The van der Waals surface area contributed by atoms with Gasteiger partial charge in [0.1, 0.15) is 5.69 Å². The summed E-state index contributed by atoms with van der Waals surface area (Å²) in [4.78, 5) is 32.3. The Balaban J connectivity index is 1.27. The molecule has 2 N–H and O–H groups in total. The van der Waals surface area contributed by atoms with Crippen molar-refractivity contribution >= 4 is 17.4 Å². The number of anilines is 2. The normalized spacial score (nSPS) is 17.9. The third-order valence-electron chi connectivity index (χ3n) is 6.37. The number of carbonyl (C=O) groups excluding carboxylic acids is 1. The highest BCUT2D eigenvalue weighted by atomic mass is 19.4. The summed E-state index contributed by atoms with van der Waals surface area (Å²) in [6.07, 6.45) is 0.0447. The van der Waals surface area contributed by atoms with Crippen molar-refractivity contribution in [3.05, 3.63) is 47.0 Å². The van der Waals surface area contributed by atoms with E-state index in [-0.39, 0.29) is 55.7 Å². The molecule has 1 saturated heterocycles. The van der Waals surface area contributed by atoms with E-state index in [1.807, 2.05) is 4.90 Å². The van der Waals surface area contributed by atoms with Crippen LogP contribution in [0.25, 0.3) is 0 Å². The molecule has 1 fully saturated rings. The van der Waals surface area contributed by atoms with Crippen molar-refractivity contribution in [3.63, 3.8) is 0 Å². The van der Waals surface area contributed by atoms with E-state index in [0.29, 0.717) is 37.6 Å². The van der Waals surface area contributed by atoms with Gasteiger partial charge in [-0.1, -0.05) is 6.08 Å². The number of carbonyl (C=O) groups is 1. The number of ether oxygens (including phenoxy) is 3. The monoisotopic (exact) mass is 538 g/mol. The molecule has 2 aromatic heterocycles. The van der Waals surface area contributed by atoms with Gasteiger partial charge in [-0.2, -0.15) is 18.3 Å². The second kappa shape index (κ2) is 11.7. The molecule has 0 aliphatic carbocycles. The molecular weight excluding hydrogens is 509 g/mol. The van der Waals surface area contributed by atoms with Gasteiger partial charge in [0, 0.05) is 32.3 Å². The second-order valence-electron chi connectivity index (χ2n) is 8.83. The molecule has 0 saturated carbocycles. The van der Waals surface area contributed by atoms with Crippen LogP contribution in [0, 0.1) is 0 Å². The quantitative estimate of drug-likeness (QED) is 0.365. The number of hydrogen-bond donors (Lipinski definition) is 2. The molecule has 0 spiro atoms. The number of halogens is 3. The molecule has 38 heavy (non-hydrogen) atoms. The standard InChI is InChI=1S/C24H29F3N6O5/c1-3-16(30-18-12-29-31-23(35)21(18)36-2)14-37-8-5-20(34)32-6-7-33-17(13-32)4-9-38-19-10-15(24(25,26)27)11-28-22(19)33/h3,10-12,16-17H,1,4-9,13-14H2,2H3,(H2,30,31,35)/t16-,17-/m0/s1. The maximum Gasteiger partial charge on any atom is 0.418 e. The number of alkyl halides is 3. The summed E-state index contributed by atoms with van der Waals surface area (Å²) in [5.41, 5.74) is -0.945. The summed E-state index contributed by atoms with van der Waals surface area (Å²) in [5, 5.41) is 9.10. The van der Waals surface area contributed by atoms with Crippen molar-refractivity contribution in [2.45, 2.75) is 31.1 Å². The number of piperazine rings is 1. The number of H-pyrrole nitrogens is 1. The van der Waals surface area contributed by atoms with E-state index >= 15 is 0 Å². The van der Waals surface area contributed by atoms with Gasteiger partial charge in [-0.25, -0.2) is 10.1 Å². The summed E-state index contributed by atoms with van der Waals surface area (Å²) in [7, 11) is 1.38. The third kappa shape index (κ3) is 6.18. The number of aromatic nitrogens is 3. The Morgan fingerprint density at radius 1 is 1.39 bits per heavy atom. The fourth-order valence-electron chi connectivity index (χ4n) is 4.42. The summed E-state index contributed by atoms with van der Waals surface area (Å²) >= 11 is 0. The van der Waals surface area contributed by atoms with E-state index < -0.39 is 17.3 Å². The largest absolute Gasteiger partial charge is 0.490 e. The van der Waals surface area contributed by atoms with Crippen LogP contribution < -0.4 is 25.2 Å². The van der Waals surface area contributed by atoms with Crippen molar-refractivity contribution in [1.29, 1.82) is 0 Å². The van der Waals surface area contributed by atoms with Crippen LogP contribution in [0.4, 0.5) is 24.7 Å². The van der Waals surface area contributed by atoms with E-state index in [9.17, 15) is 22.8 Å². The number of aromatic amines is 1. The van der Waals surface area contributed by atoms with Gasteiger partial charge >= 0.3 is 11.7 Å². The van der Waals surface area contributed by atoms with Crippen LogP contribution in [0.2, 0.25) is 0 Å². The maximum absolute atomic E-state index is 13.1. The number of rotatable bonds is 9. The molecule has 4 rings (SSSR count). The van der Waals surface area contributed by atoms with E-state index in [4.69, 9.17) is 14.2 Å². The Bertz CT molecular complexity index is 1210. The zero-order valence-corrected chi connectivity index (χ0v) is 20.8. The Morgan fingerprint density at radius 3 is 2.95 bits per heavy atom. The molecular formula is C24H29F3N6O5. The van der Waals surface area contributed by atoms with Crippen molar-refractivity contribution in [2.24, 2.45) is 0 Å². The minimum Gasteiger partial charge on any atom is -0.490 e. The van der Waals surface area contributed by atoms with Gasteiger partial charge < -0.3 is 29.3 Å². The maximum atomic E-state index is 13.1. The molecule has 4 heterocycles. The van der Waals surface area contributed by atoms with E-state index in [0.717, 1.165) is 12.3 Å². The Labute approximate surface area is 216 Å². The summed E-state index contributed by atoms with van der Waals surface area (Å²) < 4.78 is 55.6. The molecule has 2 atom stereocenters. The number of hydrogen-bond acceptors (Lipinski definition) is 9. The zero-order valence-electron chi connectivity index (χ0n) is 20.8. The highest BCUT2D eigenvalue weighted by Gasteiger charge is 2.36. The lowest BCUT2D eigenvalue weighted by Gasteiger charge is -2.41. The first-order chi connectivity index (χ1) is 18.2. The van der Waals surface area contributed by atoms with Crippen LogP contribution in [0.3, 0.4) is 0 Å². The molecule has 2 aliphatic heterocycles. The highest BCUT2D eigenvalue weighted by molar-refractivity contribution is 5.76. The van der Waals surface area contributed by atoms with Crippen molar-refractivity contribution in [3.8, 4) is 11.5 Å². The van der Waals surface area contributed by atoms with Crippen LogP contribution in [0.5, 0.6) is 11.5 Å². The fourth-order valence-corrected chi connectivity index (χ4v) is 4.42. The predicted molar refractivity (Wildman–Crippen MR) is 132 cm³/mol. The molecule has 2 aromatic rings. The third-order valence-corrected chi connectivity index (χ3v) is 6.37. The lowest BCUT2D eigenvalue weighted by Crippen LogP contribution is -2.55. The van der Waals surface area contributed by atoms with E-state index in [2.05, 4.69) is 27.1 Å². The lowest BCUT2D eigenvalue weighted by molar-refractivity contribution is -0.138. The first kappa shape index (κ1) is 27.2. The summed E-state index contributed by atoms with van der Waals surface area (Å²) in [6, 6.07) is 0.501. The molecule has 1 amide bonds. The lowest BCUT2D eigenvalue weighted by atomic mass is 10.1. The Morgan fingerprint density at radius 2 is 2.21 bits per heavy atom. The van der Waals surface area contributed by atoms with E-state index in [1.54, 1.807) is 11.0 Å². The van der Waals surface area contributed by atoms with Crippen molar-refractivity contribution in [2.75, 3.05) is 56.8 Å². The van der Waals surface area contributed by atoms with Crippen LogP contribution in [0.15, 0.2) is 35.9 Å². The van der Waals surface area contributed by atoms with Crippen molar-refractivity contribution < 1.29 is 32.2 Å². The number of amides is 1. The van der Waals surface area contributed by atoms with E-state index in [1.165, 1.54) is 13.3 Å². The van der Waals surface area contributed by atoms with Gasteiger partial charge in [0.05, 0.1) is 57.2 Å². The summed E-state index contributed by atoms with van der Waals surface area (Å²) in [6.45, 7) is 5.61. The van der Waals surface area contributed by atoms with Gasteiger partial charge in [0.2, 0.25) is 11.7 Å². The Kier molecular flexibility index (Phi) is 8.39. The smallest absolute Gasteiger partial charge is 0.418 e. The second-order valence-corrected chi connectivity index (χ2v) is 8.83. The number of nitrogens with zero attached hydrogens (tertiary/aromatic N) is 4. The number of fused-ring (bicyclic) bond motifs is 3. The molecule has 11 nitrogen and oxygen atoms in total. The van der Waals surface area contributed by atoms with Crippen LogP contribution in [-0.4, -0.2) is 84.6 Å². The fraction of sp³-hybridized carbons (Fsp3) is 0.500. The average Bonchev–Trinajstić information content (AvgIpc) is 3.08. The molecule has 0 radical (unpaired) electrons. The molecule has 2 aliphatic rings. The first-order valence-electron chi connectivity index (χ1n) is 12.0. The van der Waals surface area contributed by atoms with Crippen molar-refractivity contribution in [1.82, 2.24) is 20.1 Å². The number of methoxy groups -OCH3 is 1. The van der Waals surface area contributed by atoms with Gasteiger partial charge in [0.15, 0.2) is 11.6 Å². The molecule has 0 aromatic carbocycles. The van der Waals surface area contributed by atoms with Gasteiger partial charge in [0.25, 0.3) is 0 Å². The SMILES string of the molecule is C=C[C@@H](COCCC(=O)N1CCN2c3ncc(C(F)(F)F)cc3OCC[C@H]2C1)Nc1cn[nH]c(=O)c1OC. The number of pyridine rings is 1. The number of nitrogens with one attached hydrogen (secondary N) is 2.